The second-order valence-corrected chi connectivity index (χ2v) is 5.44. The number of carbonyl (C=O) groups is 1. The minimum atomic E-state index is -0.0111. The van der Waals surface area contributed by atoms with Crippen LogP contribution in [-0.4, -0.2) is 10.9 Å². The summed E-state index contributed by atoms with van der Waals surface area (Å²) in [6.07, 6.45) is 4.22. The van der Waals surface area contributed by atoms with Crippen LogP contribution in [0.5, 0.6) is 0 Å². The fourth-order valence-electron chi connectivity index (χ4n) is 2.62. The number of anilines is 1. The standard InChI is InChI=1S/C16H15ClN2O/c17-14-6-3-9-18-15(14)19-16(20)13-8-7-11-4-1-2-5-12(11)10-13/h1-6,9,13H,7-8,10H2,(H,18,19,20). The van der Waals surface area contributed by atoms with E-state index in [0.29, 0.717) is 10.8 Å². The van der Waals surface area contributed by atoms with Gasteiger partial charge >= 0.3 is 0 Å². The molecule has 1 amide bonds. The minimum absolute atomic E-state index is 0.0000954. The number of hydrogen-bond acceptors (Lipinski definition) is 2. The van der Waals surface area contributed by atoms with Gasteiger partial charge in [0, 0.05) is 12.1 Å². The van der Waals surface area contributed by atoms with Crippen LogP contribution >= 0.6 is 11.6 Å². The molecule has 1 aliphatic rings. The molecule has 0 fully saturated rings. The Hall–Kier alpha value is -1.87. The second kappa shape index (κ2) is 5.63. The second-order valence-electron chi connectivity index (χ2n) is 5.03. The Morgan fingerprint density at radius 1 is 1.20 bits per heavy atom. The van der Waals surface area contributed by atoms with Crippen LogP contribution in [0.2, 0.25) is 5.02 Å². The molecule has 102 valence electrons. The van der Waals surface area contributed by atoms with E-state index >= 15 is 0 Å². The van der Waals surface area contributed by atoms with Crippen molar-refractivity contribution < 1.29 is 4.79 Å². The minimum Gasteiger partial charge on any atom is -0.309 e. The van der Waals surface area contributed by atoms with Crippen molar-refractivity contribution in [3.8, 4) is 0 Å². The summed E-state index contributed by atoms with van der Waals surface area (Å²) in [6.45, 7) is 0. The zero-order chi connectivity index (χ0) is 13.9. The number of halogens is 1. The maximum Gasteiger partial charge on any atom is 0.229 e. The molecule has 3 rings (SSSR count). The lowest BCUT2D eigenvalue weighted by atomic mass is 9.83. The fraction of sp³-hybridized carbons (Fsp3) is 0.250. The molecule has 1 unspecified atom stereocenters. The number of fused-ring (bicyclic) bond motifs is 1. The molecule has 1 aromatic carbocycles. The summed E-state index contributed by atoms with van der Waals surface area (Å²) in [5.74, 6) is 0.432. The number of benzene rings is 1. The van der Waals surface area contributed by atoms with Gasteiger partial charge < -0.3 is 5.32 Å². The van der Waals surface area contributed by atoms with E-state index in [1.807, 2.05) is 12.1 Å². The number of nitrogens with zero attached hydrogens (tertiary/aromatic N) is 1. The van der Waals surface area contributed by atoms with Crippen molar-refractivity contribution in [2.75, 3.05) is 5.32 Å². The van der Waals surface area contributed by atoms with Crippen molar-refractivity contribution in [1.82, 2.24) is 4.98 Å². The lowest BCUT2D eigenvalue weighted by molar-refractivity contribution is -0.120. The fourth-order valence-corrected chi connectivity index (χ4v) is 2.79. The largest absolute Gasteiger partial charge is 0.309 e. The van der Waals surface area contributed by atoms with Gasteiger partial charge in [-0.15, -0.1) is 0 Å². The van der Waals surface area contributed by atoms with Crippen molar-refractivity contribution >= 4 is 23.3 Å². The molecule has 0 bridgehead atoms. The molecule has 0 spiro atoms. The van der Waals surface area contributed by atoms with E-state index in [4.69, 9.17) is 11.6 Å². The molecule has 0 radical (unpaired) electrons. The zero-order valence-electron chi connectivity index (χ0n) is 11.0. The van der Waals surface area contributed by atoms with Crippen molar-refractivity contribution in [2.24, 2.45) is 5.92 Å². The van der Waals surface area contributed by atoms with E-state index < -0.39 is 0 Å². The monoisotopic (exact) mass is 286 g/mol. The van der Waals surface area contributed by atoms with Crippen LogP contribution in [0.25, 0.3) is 0 Å². The summed E-state index contributed by atoms with van der Waals surface area (Å²) < 4.78 is 0. The number of amides is 1. The molecule has 3 nitrogen and oxygen atoms in total. The highest BCUT2D eigenvalue weighted by Crippen LogP contribution is 2.27. The molecule has 1 aromatic heterocycles. The van der Waals surface area contributed by atoms with Gasteiger partial charge in [-0.05, 0) is 42.5 Å². The number of rotatable bonds is 2. The highest BCUT2D eigenvalue weighted by Gasteiger charge is 2.25. The van der Waals surface area contributed by atoms with Gasteiger partial charge in [0.25, 0.3) is 0 Å². The average molecular weight is 287 g/mol. The van der Waals surface area contributed by atoms with Gasteiger partial charge in [0.2, 0.25) is 5.91 Å². The summed E-state index contributed by atoms with van der Waals surface area (Å²) >= 11 is 6.01. The van der Waals surface area contributed by atoms with Crippen LogP contribution in [-0.2, 0) is 17.6 Å². The van der Waals surface area contributed by atoms with Crippen LogP contribution < -0.4 is 5.32 Å². The van der Waals surface area contributed by atoms with E-state index in [9.17, 15) is 4.79 Å². The van der Waals surface area contributed by atoms with Gasteiger partial charge in [0.05, 0.1) is 5.02 Å². The molecular weight excluding hydrogens is 272 g/mol. The van der Waals surface area contributed by atoms with E-state index in [1.165, 1.54) is 11.1 Å². The Kier molecular flexibility index (Phi) is 3.70. The summed E-state index contributed by atoms with van der Waals surface area (Å²) in [6, 6.07) is 11.8. The predicted octanol–water partition coefficient (Wildman–Crippen LogP) is 3.48. The van der Waals surface area contributed by atoms with E-state index in [1.54, 1.807) is 18.3 Å². The quantitative estimate of drug-likeness (QED) is 0.918. The van der Waals surface area contributed by atoms with Gasteiger partial charge in [-0.25, -0.2) is 4.98 Å². The summed E-state index contributed by atoms with van der Waals surface area (Å²) in [7, 11) is 0. The molecule has 1 N–H and O–H groups in total. The number of aryl methyl sites for hydroxylation is 1. The molecule has 1 aliphatic carbocycles. The summed E-state index contributed by atoms with van der Waals surface area (Å²) in [5.41, 5.74) is 2.62. The molecule has 1 heterocycles. The molecule has 4 heteroatoms. The predicted molar refractivity (Wildman–Crippen MR) is 79.8 cm³/mol. The van der Waals surface area contributed by atoms with Crippen LogP contribution in [0.15, 0.2) is 42.6 Å². The molecular formula is C16H15ClN2O. The van der Waals surface area contributed by atoms with Crippen LogP contribution in [0.4, 0.5) is 5.82 Å². The van der Waals surface area contributed by atoms with Crippen molar-refractivity contribution in [1.29, 1.82) is 0 Å². The Morgan fingerprint density at radius 2 is 2.00 bits per heavy atom. The van der Waals surface area contributed by atoms with Crippen molar-refractivity contribution in [2.45, 2.75) is 19.3 Å². The number of aromatic nitrogens is 1. The molecule has 0 aliphatic heterocycles. The molecule has 0 saturated carbocycles. The third kappa shape index (κ3) is 2.68. The SMILES string of the molecule is O=C(Nc1ncccc1Cl)C1CCc2ccccc2C1. The first-order valence-corrected chi connectivity index (χ1v) is 7.10. The highest BCUT2D eigenvalue weighted by molar-refractivity contribution is 6.33. The topological polar surface area (TPSA) is 42.0 Å². The Morgan fingerprint density at radius 3 is 2.80 bits per heavy atom. The van der Waals surface area contributed by atoms with Gasteiger partial charge in [0.15, 0.2) is 5.82 Å². The third-order valence-corrected chi connectivity index (χ3v) is 4.02. The maximum atomic E-state index is 12.3. The first kappa shape index (κ1) is 13.1. The normalized spacial score (nSPS) is 17.4. The molecule has 0 saturated heterocycles. The van der Waals surface area contributed by atoms with Gasteiger partial charge in [-0.2, -0.15) is 0 Å². The molecule has 20 heavy (non-hydrogen) atoms. The van der Waals surface area contributed by atoms with E-state index in [-0.39, 0.29) is 11.8 Å². The van der Waals surface area contributed by atoms with Crippen LogP contribution in [0.3, 0.4) is 0 Å². The number of carbonyl (C=O) groups excluding carboxylic acids is 1. The lowest BCUT2D eigenvalue weighted by Crippen LogP contribution is -2.28. The van der Waals surface area contributed by atoms with E-state index in [0.717, 1.165) is 19.3 Å². The number of pyridine rings is 1. The van der Waals surface area contributed by atoms with Gasteiger partial charge in [-0.1, -0.05) is 35.9 Å². The maximum absolute atomic E-state index is 12.3. The van der Waals surface area contributed by atoms with Crippen molar-refractivity contribution in [3.05, 3.63) is 58.7 Å². The summed E-state index contributed by atoms with van der Waals surface area (Å²) in [4.78, 5) is 16.4. The Labute approximate surface area is 123 Å². The van der Waals surface area contributed by atoms with Crippen molar-refractivity contribution in [3.63, 3.8) is 0 Å². The molecule has 1 atom stereocenters. The first-order valence-electron chi connectivity index (χ1n) is 6.72. The number of hydrogen-bond donors (Lipinski definition) is 1. The first-order chi connectivity index (χ1) is 9.74. The van der Waals surface area contributed by atoms with Gasteiger partial charge in [-0.3, -0.25) is 4.79 Å². The number of nitrogens with one attached hydrogen (secondary N) is 1. The van der Waals surface area contributed by atoms with Gasteiger partial charge in [0.1, 0.15) is 0 Å². The van der Waals surface area contributed by atoms with Crippen LogP contribution in [0, 0.1) is 5.92 Å². The smallest absolute Gasteiger partial charge is 0.229 e. The Bertz CT molecular complexity index is 642. The van der Waals surface area contributed by atoms with Crippen LogP contribution in [0.1, 0.15) is 17.5 Å². The molecule has 2 aromatic rings. The Balaban J connectivity index is 1.72. The summed E-state index contributed by atoms with van der Waals surface area (Å²) in [5, 5.41) is 3.30. The third-order valence-electron chi connectivity index (χ3n) is 3.72. The van der Waals surface area contributed by atoms with E-state index in [2.05, 4.69) is 22.4 Å². The average Bonchev–Trinajstić information content (AvgIpc) is 2.49. The lowest BCUT2D eigenvalue weighted by Gasteiger charge is -2.23. The zero-order valence-corrected chi connectivity index (χ0v) is 11.7. The highest BCUT2D eigenvalue weighted by atomic mass is 35.5.